The topological polar surface area (TPSA) is 123 Å². The summed E-state index contributed by atoms with van der Waals surface area (Å²) in [6, 6.07) is 7.92. The lowest BCUT2D eigenvalue weighted by molar-refractivity contribution is -0.142. The summed E-state index contributed by atoms with van der Waals surface area (Å²) < 4.78 is 6.47. The smallest absolute Gasteiger partial charge is 0.326 e. The molecule has 222 valence electrons. The van der Waals surface area contributed by atoms with Gasteiger partial charge in [-0.25, -0.2) is 4.79 Å². The molecule has 3 unspecified atom stereocenters. The fourth-order valence-electron chi connectivity index (χ4n) is 6.11. The molecule has 0 radical (unpaired) electrons. The summed E-state index contributed by atoms with van der Waals surface area (Å²) in [6.45, 7) is 8.19. The van der Waals surface area contributed by atoms with E-state index >= 15 is 0 Å². The van der Waals surface area contributed by atoms with E-state index in [1.807, 2.05) is 31.2 Å². The van der Waals surface area contributed by atoms with Crippen LogP contribution in [0.4, 0.5) is 0 Å². The van der Waals surface area contributed by atoms with E-state index in [2.05, 4.69) is 37.9 Å². The second-order valence-corrected chi connectivity index (χ2v) is 12.1. The number of carbonyl (C=O) groups is 2. The molecule has 0 spiro atoms. The lowest BCUT2D eigenvalue weighted by atomic mass is 9.84. The fraction of sp³-hybridized carbons (Fsp3) is 0.412. The summed E-state index contributed by atoms with van der Waals surface area (Å²) in [5.41, 5.74) is 4.60. The number of ether oxygens (including phenoxy) is 1. The zero-order valence-electron chi connectivity index (χ0n) is 24.7. The van der Waals surface area contributed by atoms with Gasteiger partial charge in [-0.2, -0.15) is 0 Å². The normalized spacial score (nSPS) is 20.7. The first-order chi connectivity index (χ1) is 20.0. The van der Waals surface area contributed by atoms with E-state index in [1.54, 1.807) is 6.20 Å². The number of phenols is 1. The Hall–Kier alpha value is -4.04. The first-order valence-corrected chi connectivity index (χ1v) is 14.6. The van der Waals surface area contributed by atoms with Gasteiger partial charge in [-0.05, 0) is 71.1 Å². The Morgan fingerprint density at radius 3 is 2.69 bits per heavy atom. The highest BCUT2D eigenvalue weighted by molar-refractivity contribution is 6.02. The van der Waals surface area contributed by atoms with Gasteiger partial charge in [-0.3, -0.25) is 4.79 Å². The van der Waals surface area contributed by atoms with Gasteiger partial charge < -0.3 is 29.9 Å². The maximum absolute atomic E-state index is 13.6. The van der Waals surface area contributed by atoms with Crippen LogP contribution in [0.3, 0.4) is 0 Å². The van der Waals surface area contributed by atoms with Gasteiger partial charge in [0.05, 0.1) is 18.2 Å². The van der Waals surface area contributed by atoms with Crippen LogP contribution in [0.15, 0.2) is 59.8 Å². The number of carbonyl (C=O) groups excluding carboxylic acids is 1. The van der Waals surface area contributed by atoms with E-state index in [-0.39, 0.29) is 30.7 Å². The summed E-state index contributed by atoms with van der Waals surface area (Å²) in [5, 5.41) is 33.1. The largest absolute Gasteiger partial charge is 0.508 e. The van der Waals surface area contributed by atoms with Crippen LogP contribution >= 0.6 is 0 Å². The third-order valence-corrected chi connectivity index (χ3v) is 8.70. The second-order valence-electron chi connectivity index (χ2n) is 12.1. The Balaban J connectivity index is 1.38. The zero-order valence-corrected chi connectivity index (χ0v) is 24.7. The number of aromatic nitrogens is 1. The van der Waals surface area contributed by atoms with Gasteiger partial charge >= 0.3 is 5.97 Å². The predicted octanol–water partition coefficient (Wildman–Crippen LogP) is 6.05. The fourth-order valence-corrected chi connectivity index (χ4v) is 6.11. The maximum atomic E-state index is 13.6. The molecule has 3 heterocycles. The van der Waals surface area contributed by atoms with Gasteiger partial charge in [-0.15, -0.1) is 0 Å². The number of fused-ring (bicyclic) bond motifs is 4. The number of carboxylic acid groups (broad SMARTS) is 1. The molecule has 2 aliphatic heterocycles. The average molecular weight is 573 g/mol. The minimum absolute atomic E-state index is 0.0473. The van der Waals surface area contributed by atoms with Crippen molar-refractivity contribution < 1.29 is 29.6 Å². The number of aromatic hydroxyl groups is 1. The van der Waals surface area contributed by atoms with Crippen molar-refractivity contribution in [2.24, 2.45) is 0 Å². The highest BCUT2D eigenvalue weighted by atomic mass is 16.5. The summed E-state index contributed by atoms with van der Waals surface area (Å²) in [6.07, 6.45) is 8.86. The van der Waals surface area contributed by atoms with Crippen LogP contribution in [0.25, 0.3) is 10.9 Å². The van der Waals surface area contributed by atoms with Gasteiger partial charge in [0, 0.05) is 41.1 Å². The molecule has 0 aliphatic carbocycles. The summed E-state index contributed by atoms with van der Waals surface area (Å²) in [7, 11) is 0. The van der Waals surface area contributed by atoms with E-state index in [9.17, 15) is 24.9 Å². The van der Waals surface area contributed by atoms with Crippen molar-refractivity contribution in [3.05, 3.63) is 82.1 Å². The van der Waals surface area contributed by atoms with Gasteiger partial charge in [0.1, 0.15) is 23.1 Å². The number of benzene rings is 2. The van der Waals surface area contributed by atoms with E-state index in [0.717, 1.165) is 29.3 Å². The minimum Gasteiger partial charge on any atom is -0.508 e. The number of rotatable bonds is 10. The van der Waals surface area contributed by atoms with Gasteiger partial charge in [0.2, 0.25) is 0 Å². The number of aromatic amines is 1. The number of allylic oxidation sites excluding steroid dienone is 4. The molecule has 3 aromatic rings. The first kappa shape index (κ1) is 29.5. The molecular formula is C34H40N2O6. The average Bonchev–Trinajstić information content (AvgIpc) is 3.49. The van der Waals surface area contributed by atoms with E-state index < -0.39 is 29.6 Å². The van der Waals surface area contributed by atoms with Crippen molar-refractivity contribution in [3.8, 4) is 11.5 Å². The predicted molar refractivity (Wildman–Crippen MR) is 162 cm³/mol. The van der Waals surface area contributed by atoms with Crippen molar-refractivity contribution in [2.45, 2.75) is 90.5 Å². The number of amides is 1. The van der Waals surface area contributed by atoms with Gasteiger partial charge in [0.25, 0.3) is 5.91 Å². The Morgan fingerprint density at radius 1 is 1.19 bits per heavy atom. The molecule has 5 rings (SSSR count). The molecule has 1 amide bonds. The summed E-state index contributed by atoms with van der Waals surface area (Å²) in [5.74, 6) is -1.30. The molecular weight excluding hydrogens is 532 g/mol. The first-order valence-electron chi connectivity index (χ1n) is 14.6. The van der Waals surface area contributed by atoms with Crippen LogP contribution in [0.5, 0.6) is 11.5 Å². The van der Waals surface area contributed by atoms with Crippen LogP contribution in [0.1, 0.15) is 80.4 Å². The zero-order chi connectivity index (χ0) is 30.2. The molecule has 2 aliphatic rings. The number of phenolic OH excluding ortho intramolecular Hbond substituents is 1. The Bertz CT molecular complexity index is 1580. The molecule has 0 fully saturated rings. The molecule has 0 bridgehead atoms. The number of carboxylic acids is 1. The van der Waals surface area contributed by atoms with Crippen molar-refractivity contribution in [3.63, 3.8) is 0 Å². The quantitative estimate of drug-likeness (QED) is 0.219. The van der Waals surface area contributed by atoms with Crippen LogP contribution in [-0.4, -0.2) is 54.8 Å². The van der Waals surface area contributed by atoms with E-state index in [1.165, 1.54) is 22.1 Å². The maximum Gasteiger partial charge on any atom is 0.326 e. The van der Waals surface area contributed by atoms with Crippen molar-refractivity contribution in [1.29, 1.82) is 0 Å². The molecule has 4 N–H and O–H groups in total. The number of aliphatic hydroxyl groups excluding tert-OH is 1. The summed E-state index contributed by atoms with van der Waals surface area (Å²) >= 11 is 0. The highest BCUT2D eigenvalue weighted by Crippen LogP contribution is 2.46. The third-order valence-electron chi connectivity index (χ3n) is 8.70. The SMILES string of the molecule is CC(C)=CCCC(C)=CCCC1(C)Oc2c(c(O)cc3c2CN(C(Cc2c[nH]c4ccccc24)C(=O)O)C3=O)CC1O. The van der Waals surface area contributed by atoms with Crippen molar-refractivity contribution in [2.75, 3.05) is 0 Å². The van der Waals surface area contributed by atoms with Crippen LogP contribution in [0, 0.1) is 0 Å². The minimum atomic E-state index is -1.11. The Kier molecular flexibility index (Phi) is 8.19. The molecule has 3 atom stereocenters. The van der Waals surface area contributed by atoms with Gasteiger partial charge in [-0.1, -0.05) is 41.5 Å². The molecule has 0 saturated carbocycles. The lowest BCUT2D eigenvalue weighted by Crippen LogP contribution is -2.49. The Labute approximate surface area is 246 Å². The lowest BCUT2D eigenvalue weighted by Gasteiger charge is -2.41. The summed E-state index contributed by atoms with van der Waals surface area (Å²) in [4.78, 5) is 30.6. The number of aliphatic carboxylic acids is 1. The van der Waals surface area contributed by atoms with Crippen molar-refractivity contribution >= 4 is 22.8 Å². The number of hydrogen-bond donors (Lipinski definition) is 4. The number of nitrogens with one attached hydrogen (secondary N) is 1. The molecule has 8 heteroatoms. The standard InChI is InChI=1S/C34H40N2O6/c1-20(2)9-7-10-21(3)11-8-14-34(4)30(38)17-25-29(37)16-24-26(31(25)42-34)19-36(32(24)39)28(33(40)41)15-22-18-35-27-13-6-5-12-23(22)27/h5-6,9,11-13,16,18,28,30,35,37-38H,7-8,10,14-15,17,19H2,1-4H3,(H,40,41). The molecule has 0 saturated heterocycles. The monoisotopic (exact) mass is 572 g/mol. The highest BCUT2D eigenvalue weighted by Gasteiger charge is 2.45. The second kappa shape index (κ2) is 11.7. The number of hydrogen-bond acceptors (Lipinski definition) is 5. The van der Waals surface area contributed by atoms with E-state index in [0.29, 0.717) is 29.7 Å². The van der Waals surface area contributed by atoms with Crippen LogP contribution in [-0.2, 0) is 24.2 Å². The van der Waals surface area contributed by atoms with Crippen LogP contribution < -0.4 is 4.74 Å². The van der Waals surface area contributed by atoms with E-state index in [4.69, 9.17) is 4.74 Å². The van der Waals surface area contributed by atoms with Gasteiger partial charge in [0.15, 0.2) is 0 Å². The Morgan fingerprint density at radius 2 is 1.95 bits per heavy atom. The molecule has 42 heavy (non-hydrogen) atoms. The number of H-pyrrole nitrogens is 1. The third kappa shape index (κ3) is 5.68. The van der Waals surface area contributed by atoms with Crippen LogP contribution in [0.2, 0.25) is 0 Å². The molecule has 1 aromatic heterocycles. The number of aliphatic hydroxyl groups is 1. The van der Waals surface area contributed by atoms with Crippen molar-refractivity contribution in [1.82, 2.24) is 9.88 Å². The number of nitrogens with zero attached hydrogens (tertiary/aromatic N) is 1. The molecule has 8 nitrogen and oxygen atoms in total. The molecule has 2 aromatic carbocycles. The number of para-hydroxylation sites is 1.